The molecule has 5 heteroatoms. The Balaban J connectivity index is 2.29. The number of rotatable bonds is 3. The molecule has 1 saturated heterocycles. The fraction of sp³-hybridized carbons (Fsp3) is 0.857. The monoisotopic (exact) mass is 253 g/mol. The van der Waals surface area contributed by atoms with Gasteiger partial charge in [0.25, 0.3) is 0 Å². The van der Waals surface area contributed by atoms with Crippen molar-refractivity contribution in [3.8, 4) is 0 Å². The van der Waals surface area contributed by atoms with E-state index in [4.69, 9.17) is 10.8 Å². The van der Waals surface area contributed by atoms with Gasteiger partial charge in [0, 0.05) is 28.3 Å². The van der Waals surface area contributed by atoms with E-state index in [1.165, 1.54) is 0 Å². The van der Waals surface area contributed by atoms with Gasteiger partial charge in [-0.05, 0) is 6.42 Å². The van der Waals surface area contributed by atoms with Crippen LogP contribution in [0.5, 0.6) is 0 Å². The molecule has 0 radical (unpaired) electrons. The van der Waals surface area contributed by atoms with Crippen molar-refractivity contribution in [1.29, 1.82) is 0 Å². The Morgan fingerprint density at radius 1 is 1.75 bits per heavy atom. The molecule has 1 rings (SSSR count). The van der Waals surface area contributed by atoms with Crippen LogP contribution in [0, 0.1) is 0 Å². The Morgan fingerprint density at radius 3 is 2.83 bits per heavy atom. The molecule has 3 N–H and O–H groups in total. The third-order valence-electron chi connectivity index (χ3n) is 1.91. The fourth-order valence-corrected chi connectivity index (χ4v) is 3.71. The van der Waals surface area contributed by atoms with Crippen molar-refractivity contribution < 1.29 is 9.90 Å². The minimum Gasteiger partial charge on any atom is -0.481 e. The zero-order valence-electron chi connectivity index (χ0n) is 6.57. The highest BCUT2D eigenvalue weighted by atomic mass is 79.9. The molecule has 3 unspecified atom stereocenters. The van der Waals surface area contributed by atoms with Gasteiger partial charge < -0.3 is 10.8 Å². The van der Waals surface area contributed by atoms with E-state index < -0.39 is 5.97 Å². The van der Waals surface area contributed by atoms with Gasteiger partial charge in [0.2, 0.25) is 0 Å². The summed E-state index contributed by atoms with van der Waals surface area (Å²) in [5, 5.41) is 8.84. The van der Waals surface area contributed by atoms with Crippen LogP contribution < -0.4 is 5.73 Å². The van der Waals surface area contributed by atoms with Crippen molar-refractivity contribution in [2.45, 2.75) is 29.0 Å². The van der Waals surface area contributed by atoms with Gasteiger partial charge in [-0.25, -0.2) is 0 Å². The summed E-state index contributed by atoms with van der Waals surface area (Å²) in [4.78, 5) is 10.6. The van der Waals surface area contributed by atoms with Crippen LogP contribution in [-0.4, -0.2) is 32.9 Å². The number of halogens is 1. The van der Waals surface area contributed by atoms with Crippen LogP contribution in [0.25, 0.3) is 0 Å². The van der Waals surface area contributed by atoms with Crippen LogP contribution in [0.2, 0.25) is 0 Å². The molecule has 0 aromatic heterocycles. The van der Waals surface area contributed by atoms with Crippen molar-refractivity contribution in [3.63, 3.8) is 0 Å². The molecule has 70 valence electrons. The van der Waals surface area contributed by atoms with Gasteiger partial charge in [0.15, 0.2) is 0 Å². The molecular weight excluding hydrogens is 242 g/mol. The Kier molecular flexibility index (Phi) is 3.86. The molecule has 3 atom stereocenters. The minimum absolute atomic E-state index is 0.175. The summed E-state index contributed by atoms with van der Waals surface area (Å²) in [6, 6.07) is 0.175. The fourth-order valence-electron chi connectivity index (χ4n) is 1.20. The number of carboxylic acid groups (broad SMARTS) is 1. The Morgan fingerprint density at radius 2 is 2.42 bits per heavy atom. The van der Waals surface area contributed by atoms with E-state index in [0.717, 1.165) is 5.75 Å². The van der Waals surface area contributed by atoms with Gasteiger partial charge in [0.1, 0.15) is 0 Å². The van der Waals surface area contributed by atoms with E-state index in [2.05, 4.69) is 15.9 Å². The lowest BCUT2D eigenvalue weighted by molar-refractivity contribution is -0.137. The first-order valence-corrected chi connectivity index (χ1v) is 5.80. The minimum atomic E-state index is -0.726. The molecule has 1 heterocycles. The summed E-state index contributed by atoms with van der Waals surface area (Å²) in [7, 11) is 0. The maximum absolute atomic E-state index is 10.3. The molecule has 0 saturated carbocycles. The molecule has 0 amide bonds. The third kappa shape index (κ3) is 2.64. The molecule has 1 aliphatic rings. The van der Waals surface area contributed by atoms with Gasteiger partial charge in [0.05, 0.1) is 0 Å². The van der Waals surface area contributed by atoms with Crippen molar-refractivity contribution in [2.75, 3.05) is 5.75 Å². The second-order valence-electron chi connectivity index (χ2n) is 2.91. The molecule has 1 fully saturated rings. The first-order valence-electron chi connectivity index (χ1n) is 3.84. The maximum atomic E-state index is 10.3. The smallest absolute Gasteiger partial charge is 0.303 e. The molecule has 3 nitrogen and oxygen atoms in total. The van der Waals surface area contributed by atoms with Crippen molar-refractivity contribution in [3.05, 3.63) is 0 Å². The summed E-state index contributed by atoms with van der Waals surface area (Å²) in [6.07, 6.45) is 0.954. The average molecular weight is 254 g/mol. The first kappa shape index (κ1) is 10.3. The van der Waals surface area contributed by atoms with E-state index in [9.17, 15) is 4.79 Å². The highest BCUT2D eigenvalue weighted by molar-refractivity contribution is 9.09. The van der Waals surface area contributed by atoms with Gasteiger partial charge in [-0.3, -0.25) is 4.79 Å². The average Bonchev–Trinajstić information content (AvgIpc) is 2.30. The van der Waals surface area contributed by atoms with Crippen LogP contribution in [0.1, 0.15) is 12.8 Å². The summed E-state index contributed by atoms with van der Waals surface area (Å²) in [5.74, 6) is 0.205. The predicted octanol–water partition coefficient (Wildman–Crippen LogP) is 1.06. The zero-order valence-corrected chi connectivity index (χ0v) is 8.97. The Labute approximate surface area is 84.2 Å². The number of hydrogen-bond donors (Lipinski definition) is 2. The molecular formula is C7H12BrNO2S. The topological polar surface area (TPSA) is 63.3 Å². The van der Waals surface area contributed by atoms with E-state index in [1.807, 2.05) is 0 Å². The van der Waals surface area contributed by atoms with Crippen molar-refractivity contribution in [2.24, 2.45) is 5.73 Å². The predicted molar refractivity (Wildman–Crippen MR) is 53.8 cm³/mol. The largest absolute Gasteiger partial charge is 0.481 e. The van der Waals surface area contributed by atoms with Crippen LogP contribution in [-0.2, 0) is 4.79 Å². The normalized spacial score (nSPS) is 35.3. The van der Waals surface area contributed by atoms with Gasteiger partial charge >= 0.3 is 5.97 Å². The van der Waals surface area contributed by atoms with Crippen molar-refractivity contribution >= 4 is 33.7 Å². The number of alkyl halides is 1. The van der Waals surface area contributed by atoms with Crippen LogP contribution in [0.4, 0.5) is 0 Å². The maximum Gasteiger partial charge on any atom is 0.303 e. The second kappa shape index (κ2) is 4.48. The summed E-state index contributed by atoms with van der Waals surface area (Å²) in [5.41, 5.74) is 5.76. The first-order chi connectivity index (χ1) is 5.61. The van der Waals surface area contributed by atoms with Crippen LogP contribution in [0.3, 0.4) is 0 Å². The summed E-state index contributed by atoms with van der Waals surface area (Å²) < 4.78 is 0. The number of hydrogen-bond acceptors (Lipinski definition) is 3. The zero-order chi connectivity index (χ0) is 9.14. The van der Waals surface area contributed by atoms with Gasteiger partial charge in [-0.1, -0.05) is 15.9 Å². The van der Waals surface area contributed by atoms with E-state index >= 15 is 0 Å². The second-order valence-corrected chi connectivity index (χ2v) is 5.24. The SMILES string of the molecule is NC1CSC(CCC(=O)O)C1Br. The third-order valence-corrected chi connectivity index (χ3v) is 5.11. The summed E-state index contributed by atoms with van der Waals surface area (Å²) >= 11 is 5.25. The van der Waals surface area contributed by atoms with E-state index in [-0.39, 0.29) is 17.3 Å². The molecule has 12 heavy (non-hydrogen) atoms. The molecule has 0 aliphatic carbocycles. The number of aliphatic carboxylic acids is 1. The quantitative estimate of drug-likeness (QED) is 0.739. The number of nitrogens with two attached hydrogens (primary N) is 1. The molecule has 0 spiro atoms. The lowest BCUT2D eigenvalue weighted by atomic mass is 10.1. The molecule has 1 aliphatic heterocycles. The van der Waals surface area contributed by atoms with Gasteiger partial charge in [-0.15, -0.1) is 0 Å². The van der Waals surface area contributed by atoms with Gasteiger partial charge in [-0.2, -0.15) is 11.8 Å². The number of carboxylic acids is 1. The highest BCUT2D eigenvalue weighted by Crippen LogP contribution is 2.34. The highest BCUT2D eigenvalue weighted by Gasteiger charge is 2.32. The van der Waals surface area contributed by atoms with Crippen molar-refractivity contribution in [1.82, 2.24) is 0 Å². The molecule has 0 aromatic rings. The standard InChI is InChI=1S/C7H12BrNO2S/c8-7-4(9)3-12-5(7)1-2-6(10)11/h4-5,7H,1-3,9H2,(H,10,11). The Hall–Kier alpha value is 0.260. The number of carbonyl (C=O) groups is 1. The number of thioether (sulfide) groups is 1. The summed E-state index contributed by atoms with van der Waals surface area (Å²) in [6.45, 7) is 0. The molecule has 0 bridgehead atoms. The van der Waals surface area contributed by atoms with Crippen LogP contribution >= 0.6 is 27.7 Å². The lowest BCUT2D eigenvalue weighted by Crippen LogP contribution is -2.31. The van der Waals surface area contributed by atoms with Crippen LogP contribution in [0.15, 0.2) is 0 Å². The van der Waals surface area contributed by atoms with E-state index in [1.54, 1.807) is 11.8 Å². The molecule has 0 aromatic carbocycles. The lowest BCUT2D eigenvalue weighted by Gasteiger charge is -2.13. The Bertz CT molecular complexity index is 179. The van der Waals surface area contributed by atoms with E-state index in [0.29, 0.717) is 11.7 Å².